The normalized spacial score (nSPS) is 12.8. The molecule has 2 N–H and O–H groups in total. The molecule has 0 atom stereocenters. The van der Waals surface area contributed by atoms with E-state index in [9.17, 15) is 15.0 Å². The number of phenolic OH excluding ortho intramolecular Hbond substituents is 2. The predicted octanol–water partition coefficient (Wildman–Crippen LogP) is 7.60. The highest BCUT2D eigenvalue weighted by molar-refractivity contribution is 5.81. The first-order valence-electron chi connectivity index (χ1n) is 10.8. The zero-order valence-electron chi connectivity index (χ0n) is 19.3. The summed E-state index contributed by atoms with van der Waals surface area (Å²) in [6.45, 7) is 10.8. The molecule has 0 unspecified atom stereocenters. The van der Waals surface area contributed by atoms with E-state index in [1.54, 1.807) is 0 Å². The smallest absolute Gasteiger partial charge is 0.153 e. The van der Waals surface area contributed by atoms with E-state index < -0.39 is 0 Å². The van der Waals surface area contributed by atoms with Crippen molar-refractivity contribution < 1.29 is 15.0 Å². The van der Waals surface area contributed by atoms with Crippen molar-refractivity contribution in [2.75, 3.05) is 0 Å². The van der Waals surface area contributed by atoms with E-state index in [1.807, 2.05) is 6.08 Å². The monoisotopic (exact) mass is 410 g/mol. The van der Waals surface area contributed by atoms with Gasteiger partial charge in [0.05, 0.1) is 5.56 Å². The van der Waals surface area contributed by atoms with Crippen molar-refractivity contribution in [3.8, 4) is 11.5 Å². The largest absolute Gasteiger partial charge is 0.508 e. The van der Waals surface area contributed by atoms with Gasteiger partial charge in [-0.05, 0) is 91.7 Å². The van der Waals surface area contributed by atoms with Gasteiger partial charge in [-0.3, -0.25) is 4.79 Å². The lowest BCUT2D eigenvalue weighted by atomic mass is 10.0. The number of phenols is 2. The van der Waals surface area contributed by atoms with Crippen LogP contribution in [0.15, 0.2) is 58.7 Å². The second-order valence-corrected chi connectivity index (χ2v) is 8.41. The summed E-state index contributed by atoms with van der Waals surface area (Å²) in [5, 5.41) is 19.8. The molecule has 0 saturated carbocycles. The lowest BCUT2D eigenvalue weighted by Crippen LogP contribution is -1.90. The summed E-state index contributed by atoms with van der Waals surface area (Å²) in [6, 6.07) is 2.78. The fourth-order valence-corrected chi connectivity index (χ4v) is 3.22. The first-order chi connectivity index (χ1) is 14.2. The third-order valence-electron chi connectivity index (χ3n) is 5.15. The van der Waals surface area contributed by atoms with E-state index in [0.717, 1.165) is 38.5 Å². The van der Waals surface area contributed by atoms with Crippen molar-refractivity contribution in [2.45, 2.75) is 79.6 Å². The molecule has 30 heavy (non-hydrogen) atoms. The number of benzene rings is 1. The number of carbonyl (C=O) groups excluding carboxylic acids is 1. The summed E-state index contributed by atoms with van der Waals surface area (Å²) in [5.41, 5.74) is 6.18. The van der Waals surface area contributed by atoms with Crippen LogP contribution in [0.2, 0.25) is 0 Å². The molecule has 0 heterocycles. The third-order valence-corrected chi connectivity index (χ3v) is 5.15. The van der Waals surface area contributed by atoms with Gasteiger partial charge in [0.25, 0.3) is 0 Å². The zero-order chi connectivity index (χ0) is 22.5. The van der Waals surface area contributed by atoms with E-state index >= 15 is 0 Å². The molecule has 0 fully saturated rings. The number of rotatable bonds is 12. The molecule has 164 valence electrons. The number of allylic oxidation sites excluding steroid dienone is 8. The molecule has 0 bridgehead atoms. The van der Waals surface area contributed by atoms with Crippen molar-refractivity contribution in [2.24, 2.45) is 0 Å². The van der Waals surface area contributed by atoms with Crippen LogP contribution in [0.5, 0.6) is 11.5 Å². The molecule has 0 saturated heterocycles. The molecule has 1 aromatic rings. The molecule has 3 heteroatoms. The maximum Gasteiger partial charge on any atom is 0.153 e. The van der Waals surface area contributed by atoms with Gasteiger partial charge < -0.3 is 10.2 Å². The summed E-state index contributed by atoms with van der Waals surface area (Å²) in [5.74, 6) is -0.0532. The molecule has 0 amide bonds. The van der Waals surface area contributed by atoms with Crippen LogP contribution in [-0.2, 0) is 6.42 Å². The van der Waals surface area contributed by atoms with Crippen LogP contribution in [-0.4, -0.2) is 16.5 Å². The zero-order valence-corrected chi connectivity index (χ0v) is 19.3. The Hall–Kier alpha value is -2.55. The van der Waals surface area contributed by atoms with Crippen LogP contribution in [0.1, 0.15) is 89.1 Å². The highest BCUT2D eigenvalue weighted by Gasteiger charge is 2.08. The molecule has 0 spiro atoms. The average Bonchev–Trinajstić information content (AvgIpc) is 2.68. The summed E-state index contributed by atoms with van der Waals surface area (Å²) in [4.78, 5) is 11.0. The summed E-state index contributed by atoms with van der Waals surface area (Å²) in [6.07, 6.45) is 16.4. The number of hydrogen-bond donors (Lipinski definition) is 2. The van der Waals surface area contributed by atoms with E-state index in [4.69, 9.17) is 0 Å². The van der Waals surface area contributed by atoms with Crippen molar-refractivity contribution >= 4 is 6.29 Å². The summed E-state index contributed by atoms with van der Waals surface area (Å²) >= 11 is 0. The Morgan fingerprint density at radius 3 is 1.77 bits per heavy atom. The van der Waals surface area contributed by atoms with Gasteiger partial charge >= 0.3 is 0 Å². The summed E-state index contributed by atoms with van der Waals surface area (Å²) < 4.78 is 0. The number of carbonyl (C=O) groups is 1. The first kappa shape index (κ1) is 25.5. The van der Waals surface area contributed by atoms with Gasteiger partial charge in [-0.15, -0.1) is 0 Å². The maximum atomic E-state index is 11.0. The quantitative estimate of drug-likeness (QED) is 0.212. The molecule has 0 radical (unpaired) electrons. The van der Waals surface area contributed by atoms with Gasteiger partial charge in [0.2, 0.25) is 0 Å². The van der Waals surface area contributed by atoms with Crippen LogP contribution < -0.4 is 0 Å². The Labute approximate surface area is 182 Å². The molecule has 0 aromatic heterocycles. The number of aromatic hydroxyl groups is 2. The van der Waals surface area contributed by atoms with Crippen molar-refractivity contribution in [1.29, 1.82) is 0 Å². The van der Waals surface area contributed by atoms with E-state index in [2.05, 4.69) is 52.8 Å². The maximum absolute atomic E-state index is 11.0. The third kappa shape index (κ3) is 10.3. The average molecular weight is 411 g/mol. The Morgan fingerprint density at radius 2 is 1.27 bits per heavy atom. The van der Waals surface area contributed by atoms with Crippen molar-refractivity contribution in [1.82, 2.24) is 0 Å². The van der Waals surface area contributed by atoms with Crippen molar-refractivity contribution in [3.05, 3.63) is 69.9 Å². The van der Waals surface area contributed by atoms with E-state index in [0.29, 0.717) is 18.3 Å². The molecule has 0 aliphatic carbocycles. The summed E-state index contributed by atoms with van der Waals surface area (Å²) in [7, 11) is 0. The standard InChI is InChI=1S/C27H38O3/c1-20(2)9-6-10-21(3)11-7-12-22(4)13-8-14-23(5)15-16-24-17-26(29)18-25(19-28)27(24)30/h9,11,13,15,17-19,29-30H,6-8,10,12,14,16H2,1-5H3/b21-11+,22-13+,23-15+. The molecule has 1 aromatic carbocycles. The minimum absolute atomic E-state index is 0.00394. The highest BCUT2D eigenvalue weighted by atomic mass is 16.3. The number of hydrogen-bond acceptors (Lipinski definition) is 3. The Bertz CT molecular complexity index is 819. The van der Waals surface area contributed by atoms with Crippen LogP contribution in [0, 0.1) is 0 Å². The molecule has 0 aliphatic rings. The van der Waals surface area contributed by atoms with Gasteiger partial charge in [0, 0.05) is 5.56 Å². The van der Waals surface area contributed by atoms with Crippen LogP contribution >= 0.6 is 0 Å². The molecular formula is C27H38O3. The molecule has 1 rings (SSSR count). The van der Waals surface area contributed by atoms with E-state index in [1.165, 1.54) is 34.4 Å². The van der Waals surface area contributed by atoms with Gasteiger partial charge in [0.1, 0.15) is 11.5 Å². The minimum Gasteiger partial charge on any atom is -0.508 e. The fourth-order valence-electron chi connectivity index (χ4n) is 3.22. The Kier molecular flexibility index (Phi) is 11.6. The van der Waals surface area contributed by atoms with Crippen LogP contribution in [0.4, 0.5) is 0 Å². The second-order valence-electron chi connectivity index (χ2n) is 8.41. The van der Waals surface area contributed by atoms with Gasteiger partial charge in [-0.1, -0.05) is 46.6 Å². The Balaban J connectivity index is 2.44. The first-order valence-corrected chi connectivity index (χ1v) is 10.8. The topological polar surface area (TPSA) is 57.5 Å². The van der Waals surface area contributed by atoms with Gasteiger partial charge in [-0.25, -0.2) is 0 Å². The SMILES string of the molecule is CC(C)=CCC/C(C)=C/CC/C(C)=C/CC/C(C)=C/Cc1cc(O)cc(C=O)c1O. The predicted molar refractivity (Wildman–Crippen MR) is 127 cm³/mol. The van der Waals surface area contributed by atoms with E-state index in [-0.39, 0.29) is 17.1 Å². The highest BCUT2D eigenvalue weighted by Crippen LogP contribution is 2.27. The molecule has 0 aliphatic heterocycles. The molecule has 3 nitrogen and oxygen atoms in total. The second kappa shape index (κ2) is 13.6. The minimum atomic E-state index is -0.0493. The number of aldehydes is 1. The van der Waals surface area contributed by atoms with Crippen molar-refractivity contribution in [3.63, 3.8) is 0 Å². The van der Waals surface area contributed by atoms with Crippen LogP contribution in [0.25, 0.3) is 0 Å². The lowest BCUT2D eigenvalue weighted by molar-refractivity contribution is 0.112. The van der Waals surface area contributed by atoms with Crippen LogP contribution in [0.3, 0.4) is 0 Å². The molecular weight excluding hydrogens is 372 g/mol. The fraction of sp³-hybridized carbons (Fsp3) is 0.444. The Morgan fingerprint density at radius 1 is 0.767 bits per heavy atom. The van der Waals surface area contributed by atoms with Gasteiger partial charge in [0.15, 0.2) is 6.29 Å². The van der Waals surface area contributed by atoms with Gasteiger partial charge in [-0.2, -0.15) is 0 Å². The lowest BCUT2D eigenvalue weighted by Gasteiger charge is -2.06.